The van der Waals surface area contributed by atoms with Crippen LogP contribution in [0.4, 0.5) is 0 Å². The van der Waals surface area contributed by atoms with E-state index >= 15 is 0 Å². The second kappa shape index (κ2) is 9.68. The van der Waals surface area contributed by atoms with Gasteiger partial charge in [-0.2, -0.15) is 0 Å². The van der Waals surface area contributed by atoms with Crippen molar-refractivity contribution < 1.29 is 10.2 Å². The lowest BCUT2D eigenvalue weighted by molar-refractivity contribution is 0.0859. The quantitative estimate of drug-likeness (QED) is 0.580. The predicted octanol–water partition coefficient (Wildman–Crippen LogP) is 1.09. The van der Waals surface area contributed by atoms with Crippen molar-refractivity contribution in [2.24, 2.45) is 0 Å². The summed E-state index contributed by atoms with van der Waals surface area (Å²) in [6.07, 6.45) is 5.71. The van der Waals surface area contributed by atoms with Crippen molar-refractivity contribution in [2.75, 3.05) is 6.61 Å². The molecule has 1 unspecified atom stereocenters. The lowest BCUT2D eigenvalue weighted by Crippen LogP contribution is -2.40. The van der Waals surface area contributed by atoms with Gasteiger partial charge in [-0.05, 0) is 32.6 Å². The molecule has 0 aliphatic rings. The van der Waals surface area contributed by atoms with E-state index in [4.69, 9.17) is 5.11 Å². The van der Waals surface area contributed by atoms with E-state index in [0.29, 0.717) is 37.2 Å². The molecule has 0 spiro atoms. The summed E-state index contributed by atoms with van der Waals surface area (Å²) in [6, 6.07) is 0. The molecule has 26 heavy (non-hydrogen) atoms. The summed E-state index contributed by atoms with van der Waals surface area (Å²) in [4.78, 5) is 29.8. The van der Waals surface area contributed by atoms with Crippen LogP contribution in [0.5, 0.6) is 0 Å². The zero-order valence-corrected chi connectivity index (χ0v) is 15.7. The molecule has 0 aliphatic carbocycles. The molecule has 0 bridgehead atoms. The first kappa shape index (κ1) is 20.4. The first-order valence-electron chi connectivity index (χ1n) is 9.52. The van der Waals surface area contributed by atoms with E-state index in [1.54, 1.807) is 15.5 Å². The highest BCUT2D eigenvalue weighted by molar-refractivity contribution is 5.70. The summed E-state index contributed by atoms with van der Waals surface area (Å²) in [5, 5.41) is 18.3. The van der Waals surface area contributed by atoms with Gasteiger partial charge in [0, 0.05) is 19.6 Å². The summed E-state index contributed by atoms with van der Waals surface area (Å²) < 4.78 is 4.68. The van der Waals surface area contributed by atoms with Crippen LogP contribution >= 0.6 is 0 Å². The van der Waals surface area contributed by atoms with Gasteiger partial charge in [-0.1, -0.05) is 19.8 Å². The monoisotopic (exact) mass is 366 g/mol. The van der Waals surface area contributed by atoms with E-state index in [0.717, 1.165) is 32.1 Å². The molecule has 0 amide bonds. The molecule has 2 N–H and O–H groups in total. The van der Waals surface area contributed by atoms with E-state index in [1.807, 2.05) is 6.92 Å². The first-order valence-corrected chi connectivity index (χ1v) is 9.52. The molecule has 2 aromatic rings. The highest BCUT2D eigenvalue weighted by Crippen LogP contribution is 2.10. The lowest BCUT2D eigenvalue weighted by atomic mass is 10.1. The van der Waals surface area contributed by atoms with Gasteiger partial charge in [0.05, 0.1) is 19.0 Å². The van der Waals surface area contributed by atoms with Crippen LogP contribution in [-0.4, -0.2) is 41.6 Å². The first-order chi connectivity index (χ1) is 12.5. The smallest absolute Gasteiger partial charge is 0.332 e. The molecule has 146 valence electrons. The number of unbranched alkanes of at least 4 members (excludes halogenated alkanes) is 3. The maximum atomic E-state index is 12.9. The van der Waals surface area contributed by atoms with Gasteiger partial charge in [-0.15, -0.1) is 0 Å². The zero-order chi connectivity index (χ0) is 19.1. The van der Waals surface area contributed by atoms with Crippen LogP contribution in [0.25, 0.3) is 11.2 Å². The molecule has 2 aromatic heterocycles. The molecule has 0 radical (unpaired) electrons. The summed E-state index contributed by atoms with van der Waals surface area (Å²) >= 11 is 0. The summed E-state index contributed by atoms with van der Waals surface area (Å²) in [6.45, 7) is 5.19. The molecule has 0 aromatic carbocycles. The average Bonchev–Trinajstić information content (AvgIpc) is 3.05. The average molecular weight is 366 g/mol. The number of fused-ring (bicyclic) bond motifs is 1. The van der Waals surface area contributed by atoms with E-state index in [-0.39, 0.29) is 17.9 Å². The fourth-order valence-electron chi connectivity index (χ4n) is 3.16. The third kappa shape index (κ3) is 4.42. The van der Waals surface area contributed by atoms with Gasteiger partial charge >= 0.3 is 5.69 Å². The Morgan fingerprint density at radius 1 is 1.08 bits per heavy atom. The van der Waals surface area contributed by atoms with E-state index in [1.165, 1.54) is 4.57 Å². The molecular weight excluding hydrogens is 336 g/mol. The minimum Gasteiger partial charge on any atom is -0.394 e. The second-order valence-electron chi connectivity index (χ2n) is 6.63. The highest BCUT2D eigenvalue weighted by atomic mass is 16.3. The van der Waals surface area contributed by atoms with Crippen LogP contribution in [0.1, 0.15) is 52.4 Å². The molecule has 0 fully saturated rings. The van der Waals surface area contributed by atoms with Crippen LogP contribution in [0.15, 0.2) is 15.9 Å². The Morgan fingerprint density at radius 3 is 2.46 bits per heavy atom. The number of imidazole rings is 1. The van der Waals surface area contributed by atoms with Gasteiger partial charge in [-0.25, -0.2) is 9.78 Å². The molecule has 8 heteroatoms. The predicted molar refractivity (Wildman–Crippen MR) is 100 cm³/mol. The van der Waals surface area contributed by atoms with Crippen LogP contribution in [0.2, 0.25) is 0 Å². The van der Waals surface area contributed by atoms with Gasteiger partial charge in [0.2, 0.25) is 0 Å². The van der Waals surface area contributed by atoms with E-state index in [2.05, 4.69) is 11.9 Å². The third-order valence-corrected chi connectivity index (χ3v) is 4.68. The van der Waals surface area contributed by atoms with Crippen molar-refractivity contribution in [3.05, 3.63) is 27.2 Å². The van der Waals surface area contributed by atoms with Crippen LogP contribution in [0.3, 0.4) is 0 Å². The number of aryl methyl sites for hydroxylation is 2. The molecule has 2 rings (SSSR count). The van der Waals surface area contributed by atoms with Crippen LogP contribution in [-0.2, 0) is 19.6 Å². The number of aliphatic hydroxyl groups excluding tert-OH is 2. The SMILES string of the molecule is CCCCCn1c(=O)c2c(ncn2CCCCC(O)CO)n(CC)c1=O. The zero-order valence-electron chi connectivity index (χ0n) is 15.7. The van der Waals surface area contributed by atoms with E-state index < -0.39 is 6.10 Å². The van der Waals surface area contributed by atoms with Crippen molar-refractivity contribution >= 4 is 11.2 Å². The topological polar surface area (TPSA) is 102 Å². The molecule has 2 heterocycles. The highest BCUT2D eigenvalue weighted by Gasteiger charge is 2.17. The Hall–Kier alpha value is -1.93. The number of aromatic nitrogens is 4. The number of hydrogen-bond donors (Lipinski definition) is 2. The largest absolute Gasteiger partial charge is 0.394 e. The van der Waals surface area contributed by atoms with Gasteiger partial charge in [0.1, 0.15) is 0 Å². The van der Waals surface area contributed by atoms with Gasteiger partial charge in [0.25, 0.3) is 5.56 Å². The Kier molecular flexibility index (Phi) is 7.59. The lowest BCUT2D eigenvalue weighted by Gasteiger charge is -2.11. The number of hydrogen-bond acceptors (Lipinski definition) is 5. The molecule has 0 aliphatic heterocycles. The van der Waals surface area contributed by atoms with Crippen molar-refractivity contribution in [1.29, 1.82) is 0 Å². The summed E-state index contributed by atoms with van der Waals surface area (Å²) in [5.41, 5.74) is 0.325. The number of aliphatic hydroxyl groups is 2. The molecule has 0 saturated carbocycles. The standard InChI is InChI=1S/C18H30N4O4/c1-3-5-7-11-22-17(25)15-16(21(4-2)18(22)26)19-13-20(15)10-8-6-9-14(24)12-23/h13-14,23-24H,3-12H2,1-2H3. The molecule has 0 saturated heterocycles. The Labute approximate surface area is 152 Å². The third-order valence-electron chi connectivity index (χ3n) is 4.68. The summed E-state index contributed by atoms with van der Waals surface area (Å²) in [7, 11) is 0. The van der Waals surface area contributed by atoms with E-state index in [9.17, 15) is 14.7 Å². The Bertz CT molecular complexity index is 821. The van der Waals surface area contributed by atoms with Gasteiger partial charge in [-0.3, -0.25) is 13.9 Å². The number of rotatable bonds is 11. The van der Waals surface area contributed by atoms with Crippen molar-refractivity contribution in [3.8, 4) is 0 Å². The van der Waals surface area contributed by atoms with Crippen molar-refractivity contribution in [3.63, 3.8) is 0 Å². The second-order valence-corrected chi connectivity index (χ2v) is 6.63. The fourth-order valence-corrected chi connectivity index (χ4v) is 3.16. The minimum atomic E-state index is -0.699. The minimum absolute atomic E-state index is 0.237. The van der Waals surface area contributed by atoms with Crippen LogP contribution in [0, 0.1) is 0 Å². The number of nitrogens with zero attached hydrogens (tertiary/aromatic N) is 4. The maximum Gasteiger partial charge on any atom is 0.332 e. The fraction of sp³-hybridized carbons (Fsp3) is 0.722. The molecule has 8 nitrogen and oxygen atoms in total. The Morgan fingerprint density at radius 2 is 1.81 bits per heavy atom. The summed E-state index contributed by atoms with van der Waals surface area (Å²) in [5.74, 6) is 0. The molecule has 1 atom stereocenters. The Balaban J connectivity index is 2.31. The van der Waals surface area contributed by atoms with Crippen LogP contribution < -0.4 is 11.2 Å². The van der Waals surface area contributed by atoms with Gasteiger partial charge in [0.15, 0.2) is 11.2 Å². The maximum absolute atomic E-state index is 12.9. The normalized spacial score (nSPS) is 12.8. The van der Waals surface area contributed by atoms with Gasteiger partial charge < -0.3 is 14.8 Å². The molecular formula is C18H30N4O4. The van der Waals surface area contributed by atoms with Crippen molar-refractivity contribution in [2.45, 2.75) is 78.1 Å². The van der Waals surface area contributed by atoms with Crippen molar-refractivity contribution in [1.82, 2.24) is 18.7 Å².